The van der Waals surface area contributed by atoms with Crippen molar-refractivity contribution >= 4 is 0 Å². The maximum atomic E-state index is 2.86. The van der Waals surface area contributed by atoms with Crippen molar-refractivity contribution in [1.82, 2.24) is 4.90 Å². The van der Waals surface area contributed by atoms with Gasteiger partial charge in [0.05, 0.1) is 0 Å². The zero-order chi connectivity index (χ0) is 15.9. The van der Waals surface area contributed by atoms with E-state index in [9.17, 15) is 0 Å². The third kappa shape index (κ3) is 4.13. The molecule has 1 aromatic carbocycles. The predicted molar refractivity (Wildman–Crippen MR) is 97.3 cm³/mol. The first kappa shape index (κ1) is 17.5. The monoisotopic (exact) mass is 301 g/mol. The summed E-state index contributed by atoms with van der Waals surface area (Å²) in [5.74, 6) is 0. The lowest BCUT2D eigenvalue weighted by Crippen LogP contribution is -2.42. The van der Waals surface area contributed by atoms with Gasteiger partial charge in [0, 0.05) is 18.1 Å². The molecule has 124 valence electrons. The molecule has 1 heteroatoms. The molecule has 0 unspecified atom stereocenters. The fourth-order valence-electron chi connectivity index (χ4n) is 4.20. The lowest BCUT2D eigenvalue weighted by Gasteiger charge is -2.40. The molecule has 0 radical (unpaired) electrons. The van der Waals surface area contributed by atoms with E-state index in [0.29, 0.717) is 12.1 Å². The summed E-state index contributed by atoms with van der Waals surface area (Å²) in [6.07, 6.45) is 10.7. The number of unbranched alkanes of at least 4 members (excludes halogenated alkanes) is 2. The van der Waals surface area contributed by atoms with Crippen LogP contribution in [0.1, 0.15) is 89.8 Å². The van der Waals surface area contributed by atoms with Gasteiger partial charge in [-0.1, -0.05) is 63.8 Å². The minimum absolute atomic E-state index is 0.634. The number of fused-ring (bicyclic) bond motifs is 1. The minimum Gasteiger partial charge on any atom is -0.291 e. The Hall–Kier alpha value is -0.820. The molecule has 0 bridgehead atoms. The quantitative estimate of drug-likeness (QED) is 0.530. The lowest BCUT2D eigenvalue weighted by atomic mass is 9.96. The van der Waals surface area contributed by atoms with Crippen LogP contribution in [0, 0.1) is 0 Å². The first-order chi connectivity index (χ1) is 10.7. The Morgan fingerprint density at radius 3 is 2.27 bits per heavy atom. The van der Waals surface area contributed by atoms with Crippen molar-refractivity contribution in [2.24, 2.45) is 0 Å². The first-order valence-electron chi connectivity index (χ1n) is 9.54. The van der Waals surface area contributed by atoms with E-state index in [4.69, 9.17) is 0 Å². The van der Waals surface area contributed by atoms with Crippen LogP contribution >= 0.6 is 0 Å². The third-order valence-corrected chi connectivity index (χ3v) is 5.26. The molecule has 22 heavy (non-hydrogen) atoms. The number of nitrogens with zero attached hydrogens (tertiary/aromatic N) is 1. The standard InChI is InChI=1S/C21H35N/c1-5-7-12-19(13-8-6-2)22(17(3)4)21-16-15-18-11-9-10-14-20(18)21/h9-11,14,17,19,21H,5-8,12-13,15-16H2,1-4H3/t21-/m1/s1. The van der Waals surface area contributed by atoms with Crippen LogP contribution in [-0.2, 0) is 6.42 Å². The Labute approximate surface area is 138 Å². The average Bonchev–Trinajstić information content (AvgIpc) is 2.93. The fourth-order valence-corrected chi connectivity index (χ4v) is 4.20. The smallest absolute Gasteiger partial charge is 0.0359 e. The van der Waals surface area contributed by atoms with Crippen molar-refractivity contribution in [3.8, 4) is 0 Å². The van der Waals surface area contributed by atoms with E-state index in [1.54, 1.807) is 11.1 Å². The lowest BCUT2D eigenvalue weighted by molar-refractivity contribution is 0.0794. The van der Waals surface area contributed by atoms with Crippen molar-refractivity contribution in [1.29, 1.82) is 0 Å². The van der Waals surface area contributed by atoms with Crippen LogP contribution in [0.2, 0.25) is 0 Å². The van der Waals surface area contributed by atoms with Crippen LogP contribution in [0.15, 0.2) is 24.3 Å². The van der Waals surface area contributed by atoms with Gasteiger partial charge in [0.25, 0.3) is 0 Å². The summed E-state index contributed by atoms with van der Waals surface area (Å²) in [6.45, 7) is 9.43. The second-order valence-corrected chi connectivity index (χ2v) is 7.23. The van der Waals surface area contributed by atoms with Gasteiger partial charge in [-0.3, -0.25) is 4.90 Å². The van der Waals surface area contributed by atoms with Crippen molar-refractivity contribution in [3.63, 3.8) is 0 Å². The molecule has 1 atom stereocenters. The van der Waals surface area contributed by atoms with E-state index in [1.807, 2.05) is 0 Å². The van der Waals surface area contributed by atoms with Gasteiger partial charge >= 0.3 is 0 Å². The van der Waals surface area contributed by atoms with Crippen molar-refractivity contribution < 1.29 is 0 Å². The summed E-state index contributed by atoms with van der Waals surface area (Å²) in [4.78, 5) is 2.86. The molecule has 0 aliphatic heterocycles. The van der Waals surface area contributed by atoms with Crippen molar-refractivity contribution in [2.45, 2.75) is 97.2 Å². The Morgan fingerprint density at radius 1 is 1.05 bits per heavy atom. The fraction of sp³-hybridized carbons (Fsp3) is 0.714. The molecule has 0 saturated carbocycles. The predicted octanol–water partition coefficient (Wildman–Crippen LogP) is 6.13. The molecule has 1 aromatic rings. The summed E-state index contributed by atoms with van der Waals surface area (Å²) >= 11 is 0. The molecule has 0 heterocycles. The van der Waals surface area contributed by atoms with Gasteiger partial charge in [0.15, 0.2) is 0 Å². The Balaban J connectivity index is 2.20. The first-order valence-corrected chi connectivity index (χ1v) is 9.54. The Morgan fingerprint density at radius 2 is 1.68 bits per heavy atom. The molecule has 0 saturated heterocycles. The van der Waals surface area contributed by atoms with Crippen LogP contribution in [0.3, 0.4) is 0 Å². The molecule has 1 aliphatic rings. The highest BCUT2D eigenvalue weighted by molar-refractivity contribution is 5.34. The molecular weight excluding hydrogens is 266 g/mol. The summed E-state index contributed by atoms with van der Waals surface area (Å²) in [7, 11) is 0. The minimum atomic E-state index is 0.634. The van der Waals surface area contributed by atoms with Gasteiger partial charge in [0.1, 0.15) is 0 Å². The van der Waals surface area contributed by atoms with Crippen LogP contribution in [0.5, 0.6) is 0 Å². The normalized spacial score (nSPS) is 17.7. The number of rotatable bonds is 9. The molecular formula is C21H35N. The number of hydrogen-bond donors (Lipinski definition) is 0. The average molecular weight is 302 g/mol. The summed E-state index contributed by atoms with van der Waals surface area (Å²) in [6, 6.07) is 11.2. The molecule has 1 aliphatic carbocycles. The summed E-state index contributed by atoms with van der Waals surface area (Å²) in [5.41, 5.74) is 3.19. The molecule has 0 fully saturated rings. The molecule has 0 amide bonds. The highest BCUT2D eigenvalue weighted by atomic mass is 15.2. The second kappa shape index (κ2) is 8.72. The molecule has 2 rings (SSSR count). The second-order valence-electron chi connectivity index (χ2n) is 7.23. The SMILES string of the molecule is CCCCC(CCCC)N(C(C)C)[C@@H]1CCc2ccccc21. The highest BCUT2D eigenvalue weighted by Gasteiger charge is 2.33. The van der Waals surface area contributed by atoms with E-state index < -0.39 is 0 Å². The molecule has 1 nitrogen and oxygen atoms in total. The van der Waals surface area contributed by atoms with Crippen LogP contribution < -0.4 is 0 Å². The molecule has 0 aromatic heterocycles. The van der Waals surface area contributed by atoms with E-state index in [1.165, 1.54) is 51.4 Å². The zero-order valence-electron chi connectivity index (χ0n) is 15.1. The maximum Gasteiger partial charge on any atom is 0.0359 e. The molecule has 0 spiro atoms. The number of aryl methyl sites for hydroxylation is 1. The molecule has 0 N–H and O–H groups in total. The maximum absolute atomic E-state index is 2.86. The van der Waals surface area contributed by atoms with Crippen LogP contribution in [0.4, 0.5) is 0 Å². The van der Waals surface area contributed by atoms with E-state index in [0.717, 1.165) is 6.04 Å². The van der Waals surface area contributed by atoms with Crippen LogP contribution in [-0.4, -0.2) is 17.0 Å². The van der Waals surface area contributed by atoms with E-state index in [-0.39, 0.29) is 0 Å². The van der Waals surface area contributed by atoms with Gasteiger partial charge in [-0.15, -0.1) is 0 Å². The number of benzene rings is 1. The van der Waals surface area contributed by atoms with Crippen molar-refractivity contribution in [2.75, 3.05) is 0 Å². The Bertz CT molecular complexity index is 429. The van der Waals surface area contributed by atoms with Gasteiger partial charge in [-0.05, 0) is 50.7 Å². The van der Waals surface area contributed by atoms with Gasteiger partial charge in [-0.2, -0.15) is 0 Å². The highest BCUT2D eigenvalue weighted by Crippen LogP contribution is 2.39. The zero-order valence-corrected chi connectivity index (χ0v) is 15.1. The Kier molecular flexibility index (Phi) is 6.95. The van der Waals surface area contributed by atoms with Gasteiger partial charge in [0.2, 0.25) is 0 Å². The summed E-state index contributed by atoms with van der Waals surface area (Å²) < 4.78 is 0. The van der Waals surface area contributed by atoms with E-state index >= 15 is 0 Å². The summed E-state index contributed by atoms with van der Waals surface area (Å²) in [5, 5.41) is 0. The van der Waals surface area contributed by atoms with Crippen molar-refractivity contribution in [3.05, 3.63) is 35.4 Å². The number of hydrogen-bond acceptors (Lipinski definition) is 1. The van der Waals surface area contributed by atoms with E-state index in [2.05, 4.69) is 56.9 Å². The topological polar surface area (TPSA) is 3.24 Å². The van der Waals surface area contributed by atoms with Gasteiger partial charge < -0.3 is 0 Å². The third-order valence-electron chi connectivity index (χ3n) is 5.26. The largest absolute Gasteiger partial charge is 0.291 e. The van der Waals surface area contributed by atoms with Crippen LogP contribution in [0.25, 0.3) is 0 Å². The van der Waals surface area contributed by atoms with Gasteiger partial charge in [-0.25, -0.2) is 0 Å².